The summed E-state index contributed by atoms with van der Waals surface area (Å²) in [5.74, 6) is -9.62. The highest BCUT2D eigenvalue weighted by Gasteiger charge is 2.26. The fourth-order valence-electron chi connectivity index (χ4n) is 2.81. The van der Waals surface area contributed by atoms with Crippen LogP contribution in [0.2, 0.25) is 0 Å². The van der Waals surface area contributed by atoms with Gasteiger partial charge in [-0.1, -0.05) is 42.1 Å². The van der Waals surface area contributed by atoms with E-state index in [4.69, 9.17) is 4.42 Å². The summed E-state index contributed by atoms with van der Waals surface area (Å²) in [4.78, 5) is 0. The second-order valence-electron chi connectivity index (χ2n) is 6.19. The minimum absolute atomic E-state index is 0.231. The maximum absolute atomic E-state index is 14.0. The van der Waals surface area contributed by atoms with Gasteiger partial charge < -0.3 is 4.42 Å². The van der Waals surface area contributed by atoms with Gasteiger partial charge in [0.25, 0.3) is 0 Å². The molecule has 4 rings (SSSR count). The summed E-state index contributed by atoms with van der Waals surface area (Å²) in [6.45, 7) is 0.309. The average Bonchev–Trinajstić information content (AvgIpc) is 3.42. The molecule has 154 valence electrons. The van der Waals surface area contributed by atoms with Crippen molar-refractivity contribution >= 4 is 11.8 Å². The molecule has 0 aliphatic heterocycles. The molecule has 0 spiro atoms. The summed E-state index contributed by atoms with van der Waals surface area (Å²) in [5.41, 5.74) is -0.0339. The first-order valence-electron chi connectivity index (χ1n) is 8.61. The number of nitrogens with zero attached hydrogens (tertiary/aromatic N) is 3. The van der Waals surface area contributed by atoms with Crippen molar-refractivity contribution in [2.24, 2.45) is 0 Å². The molecule has 0 N–H and O–H groups in total. The zero-order chi connectivity index (χ0) is 21.3. The van der Waals surface area contributed by atoms with E-state index >= 15 is 0 Å². The first kappa shape index (κ1) is 20.1. The van der Waals surface area contributed by atoms with Crippen molar-refractivity contribution < 1.29 is 26.4 Å². The zero-order valence-electron chi connectivity index (χ0n) is 15.1. The Balaban J connectivity index is 1.69. The smallest absolute Gasteiger partial charge is 0.200 e. The minimum atomic E-state index is -2.19. The van der Waals surface area contributed by atoms with Gasteiger partial charge in [-0.15, -0.1) is 10.2 Å². The van der Waals surface area contributed by atoms with Crippen molar-refractivity contribution in [1.29, 1.82) is 0 Å². The van der Waals surface area contributed by atoms with Gasteiger partial charge in [0.1, 0.15) is 0 Å². The van der Waals surface area contributed by atoms with E-state index in [9.17, 15) is 22.0 Å². The molecule has 4 nitrogen and oxygen atoms in total. The number of thioether (sulfide) groups is 1. The number of rotatable bonds is 6. The maximum atomic E-state index is 14.0. The van der Waals surface area contributed by atoms with Crippen LogP contribution >= 0.6 is 11.8 Å². The zero-order valence-corrected chi connectivity index (χ0v) is 15.9. The van der Waals surface area contributed by atoms with Gasteiger partial charge in [-0.25, -0.2) is 22.0 Å². The molecule has 0 bridgehead atoms. The number of halogens is 5. The van der Waals surface area contributed by atoms with Gasteiger partial charge in [0.05, 0.1) is 12.8 Å². The lowest BCUT2D eigenvalue weighted by Crippen LogP contribution is -2.07. The third-order valence-corrected chi connectivity index (χ3v) is 5.28. The molecule has 0 aliphatic rings. The van der Waals surface area contributed by atoms with Gasteiger partial charge in [0, 0.05) is 11.3 Å². The number of benzene rings is 2. The number of hydrogen-bond acceptors (Lipinski definition) is 4. The van der Waals surface area contributed by atoms with Gasteiger partial charge in [0.2, 0.25) is 11.6 Å². The number of hydrogen-bond donors (Lipinski definition) is 0. The van der Waals surface area contributed by atoms with Crippen molar-refractivity contribution in [2.75, 3.05) is 0 Å². The molecule has 0 radical (unpaired) electrons. The van der Waals surface area contributed by atoms with Crippen LogP contribution in [0.3, 0.4) is 0 Å². The van der Waals surface area contributed by atoms with Crippen LogP contribution in [0.25, 0.3) is 11.6 Å². The van der Waals surface area contributed by atoms with E-state index in [0.717, 1.165) is 17.3 Å². The molecule has 0 atom stereocenters. The average molecular weight is 437 g/mol. The van der Waals surface area contributed by atoms with E-state index in [1.165, 1.54) is 6.26 Å². The van der Waals surface area contributed by atoms with E-state index in [-0.39, 0.29) is 5.16 Å². The van der Waals surface area contributed by atoms with Crippen LogP contribution < -0.4 is 0 Å². The molecular formula is C20H12F5N3OS. The highest BCUT2D eigenvalue weighted by Crippen LogP contribution is 2.31. The van der Waals surface area contributed by atoms with Gasteiger partial charge in [0.15, 0.2) is 34.2 Å². The Bertz CT molecular complexity index is 1150. The summed E-state index contributed by atoms with van der Waals surface area (Å²) in [6.07, 6.45) is 1.46. The third-order valence-electron chi connectivity index (χ3n) is 4.29. The van der Waals surface area contributed by atoms with E-state index in [1.807, 2.05) is 30.3 Å². The van der Waals surface area contributed by atoms with Crippen molar-refractivity contribution in [1.82, 2.24) is 14.8 Å². The fourth-order valence-corrected chi connectivity index (χ4v) is 3.74. The van der Waals surface area contributed by atoms with Crippen LogP contribution in [0.1, 0.15) is 11.1 Å². The third kappa shape index (κ3) is 3.70. The summed E-state index contributed by atoms with van der Waals surface area (Å²) < 4.78 is 75.2. The fraction of sp³-hybridized carbons (Fsp3) is 0.100. The van der Waals surface area contributed by atoms with Crippen molar-refractivity contribution in [3.8, 4) is 11.6 Å². The highest BCUT2D eigenvalue weighted by atomic mass is 32.2. The Morgan fingerprint density at radius 1 is 0.800 bits per heavy atom. The molecule has 10 heteroatoms. The van der Waals surface area contributed by atoms with Crippen LogP contribution in [-0.4, -0.2) is 14.8 Å². The first-order valence-corrected chi connectivity index (χ1v) is 9.60. The molecule has 2 aromatic carbocycles. The van der Waals surface area contributed by atoms with Gasteiger partial charge >= 0.3 is 0 Å². The minimum Gasteiger partial charge on any atom is -0.461 e. The second-order valence-corrected chi connectivity index (χ2v) is 7.13. The predicted octanol–water partition coefficient (Wildman–Crippen LogP) is 5.57. The quantitative estimate of drug-likeness (QED) is 0.171. The van der Waals surface area contributed by atoms with E-state index in [0.29, 0.717) is 18.1 Å². The van der Waals surface area contributed by atoms with E-state index in [1.54, 1.807) is 16.7 Å². The van der Waals surface area contributed by atoms with Gasteiger partial charge in [-0.05, 0) is 17.7 Å². The molecule has 2 aromatic heterocycles. The summed E-state index contributed by atoms with van der Waals surface area (Å²) >= 11 is 0.801. The summed E-state index contributed by atoms with van der Waals surface area (Å²) in [6, 6.07) is 12.6. The molecule has 0 unspecified atom stereocenters. The lowest BCUT2D eigenvalue weighted by atomic mass is 10.2. The predicted molar refractivity (Wildman–Crippen MR) is 99.1 cm³/mol. The van der Waals surface area contributed by atoms with Gasteiger partial charge in [-0.3, -0.25) is 4.57 Å². The van der Waals surface area contributed by atoms with Crippen molar-refractivity contribution in [3.05, 3.63) is 88.9 Å². The Kier molecular flexibility index (Phi) is 5.58. The largest absolute Gasteiger partial charge is 0.461 e. The van der Waals surface area contributed by atoms with Crippen LogP contribution in [-0.2, 0) is 12.3 Å². The standard InChI is InChI=1S/C20H12F5N3OS/c21-14-12(15(22)17(24)18(25)16(14)23)10-30-20-27-26-19(13-7-4-8-29-13)28(20)9-11-5-2-1-3-6-11/h1-8H,9-10H2. The lowest BCUT2D eigenvalue weighted by Gasteiger charge is -2.11. The summed E-state index contributed by atoms with van der Waals surface area (Å²) in [7, 11) is 0. The Morgan fingerprint density at radius 2 is 1.47 bits per heavy atom. The van der Waals surface area contributed by atoms with Crippen LogP contribution in [0.15, 0.2) is 58.3 Å². The molecule has 30 heavy (non-hydrogen) atoms. The maximum Gasteiger partial charge on any atom is 0.200 e. The normalized spacial score (nSPS) is 11.2. The lowest BCUT2D eigenvalue weighted by molar-refractivity contribution is 0.372. The molecule has 0 saturated carbocycles. The Labute approximate surface area is 171 Å². The molecule has 0 aliphatic carbocycles. The van der Waals surface area contributed by atoms with Crippen molar-refractivity contribution in [2.45, 2.75) is 17.5 Å². The molecular weight excluding hydrogens is 425 g/mol. The number of furan rings is 1. The molecule has 2 heterocycles. The first-order chi connectivity index (χ1) is 14.5. The van der Waals surface area contributed by atoms with Crippen LogP contribution in [0, 0.1) is 29.1 Å². The Morgan fingerprint density at radius 3 is 2.10 bits per heavy atom. The van der Waals surface area contributed by atoms with Crippen LogP contribution in [0.5, 0.6) is 0 Å². The number of aromatic nitrogens is 3. The Hall–Kier alpha value is -3.14. The molecule has 0 saturated heterocycles. The topological polar surface area (TPSA) is 43.9 Å². The molecule has 4 aromatic rings. The monoisotopic (exact) mass is 437 g/mol. The van der Waals surface area contributed by atoms with E-state index in [2.05, 4.69) is 10.2 Å². The van der Waals surface area contributed by atoms with Crippen LogP contribution in [0.4, 0.5) is 22.0 Å². The summed E-state index contributed by atoms with van der Waals surface area (Å²) in [5, 5.41) is 8.31. The highest BCUT2D eigenvalue weighted by molar-refractivity contribution is 7.98. The molecule has 0 amide bonds. The van der Waals surface area contributed by atoms with Crippen molar-refractivity contribution in [3.63, 3.8) is 0 Å². The van der Waals surface area contributed by atoms with E-state index < -0.39 is 40.4 Å². The SMILES string of the molecule is Fc1c(F)c(F)c(CSc2nnc(-c3ccco3)n2Cc2ccccc2)c(F)c1F. The molecule has 0 fully saturated rings. The second kappa shape index (κ2) is 8.31. The van der Waals surface area contributed by atoms with Gasteiger partial charge in [-0.2, -0.15) is 0 Å².